The molecule has 2 N–H and O–H groups in total. The smallest absolute Gasteiger partial charge is 0.338 e. The van der Waals surface area contributed by atoms with Crippen LogP contribution in [0.1, 0.15) is 34.3 Å². The van der Waals surface area contributed by atoms with Gasteiger partial charge in [-0.15, -0.1) is 0 Å². The SMILES string of the molecule is Cc1cc(C(=O)OCC2CCCO2)cc(S(N)(=O)=O)c1C. The lowest BCUT2D eigenvalue weighted by molar-refractivity contribution is 0.0161. The third-order valence-corrected chi connectivity index (χ3v) is 4.62. The summed E-state index contributed by atoms with van der Waals surface area (Å²) in [6, 6.07) is 2.86. The summed E-state index contributed by atoms with van der Waals surface area (Å²) in [4.78, 5) is 12.0. The summed E-state index contributed by atoms with van der Waals surface area (Å²) < 4.78 is 33.6. The molecule has 1 unspecified atom stereocenters. The third kappa shape index (κ3) is 3.81. The Hall–Kier alpha value is -1.44. The highest BCUT2D eigenvalue weighted by atomic mass is 32.2. The Labute approximate surface area is 124 Å². The van der Waals surface area contributed by atoms with E-state index in [1.165, 1.54) is 6.07 Å². The molecule has 0 spiro atoms. The van der Waals surface area contributed by atoms with Crippen LogP contribution in [0, 0.1) is 13.8 Å². The molecule has 2 rings (SSSR count). The van der Waals surface area contributed by atoms with E-state index in [0.29, 0.717) is 17.7 Å². The van der Waals surface area contributed by atoms with Crippen molar-refractivity contribution in [3.63, 3.8) is 0 Å². The molecule has 1 aliphatic heterocycles. The van der Waals surface area contributed by atoms with Gasteiger partial charge in [-0.1, -0.05) is 0 Å². The number of carbonyl (C=O) groups is 1. The number of primary sulfonamides is 1. The van der Waals surface area contributed by atoms with E-state index >= 15 is 0 Å². The number of ether oxygens (including phenoxy) is 2. The van der Waals surface area contributed by atoms with Crippen molar-refractivity contribution in [2.45, 2.75) is 37.7 Å². The fourth-order valence-corrected chi connectivity index (χ4v) is 3.15. The van der Waals surface area contributed by atoms with E-state index in [0.717, 1.165) is 12.8 Å². The molecule has 6 nitrogen and oxygen atoms in total. The van der Waals surface area contributed by atoms with Gasteiger partial charge in [-0.25, -0.2) is 18.4 Å². The maximum atomic E-state index is 12.0. The maximum absolute atomic E-state index is 12.0. The van der Waals surface area contributed by atoms with Crippen LogP contribution in [0.25, 0.3) is 0 Å². The first kappa shape index (κ1) is 15.9. The Balaban J connectivity index is 2.19. The minimum atomic E-state index is -3.88. The zero-order valence-corrected chi connectivity index (χ0v) is 12.9. The van der Waals surface area contributed by atoms with Crippen LogP contribution in [0.3, 0.4) is 0 Å². The van der Waals surface area contributed by atoms with Gasteiger partial charge in [-0.05, 0) is 49.9 Å². The van der Waals surface area contributed by atoms with Crippen LogP contribution in [-0.4, -0.2) is 33.7 Å². The molecular formula is C14H19NO5S. The molecule has 1 heterocycles. The van der Waals surface area contributed by atoms with Crippen LogP contribution < -0.4 is 5.14 Å². The largest absolute Gasteiger partial charge is 0.459 e. The summed E-state index contributed by atoms with van der Waals surface area (Å²) in [5.74, 6) is -0.571. The highest BCUT2D eigenvalue weighted by Crippen LogP contribution is 2.21. The van der Waals surface area contributed by atoms with Crippen molar-refractivity contribution in [2.75, 3.05) is 13.2 Å². The van der Waals surface area contributed by atoms with E-state index in [2.05, 4.69) is 0 Å². The molecule has 1 atom stereocenters. The van der Waals surface area contributed by atoms with Crippen LogP contribution in [0.15, 0.2) is 17.0 Å². The lowest BCUT2D eigenvalue weighted by atomic mass is 10.1. The van der Waals surface area contributed by atoms with Gasteiger partial charge >= 0.3 is 5.97 Å². The van der Waals surface area contributed by atoms with Gasteiger partial charge in [0.05, 0.1) is 16.6 Å². The lowest BCUT2D eigenvalue weighted by Gasteiger charge is -2.12. The van der Waals surface area contributed by atoms with Crippen LogP contribution in [0.4, 0.5) is 0 Å². The number of carbonyl (C=O) groups excluding carboxylic acids is 1. The molecule has 21 heavy (non-hydrogen) atoms. The number of hydrogen-bond donors (Lipinski definition) is 1. The fourth-order valence-electron chi connectivity index (χ4n) is 2.27. The van der Waals surface area contributed by atoms with Gasteiger partial charge < -0.3 is 9.47 Å². The van der Waals surface area contributed by atoms with Crippen LogP contribution >= 0.6 is 0 Å². The number of rotatable bonds is 4. The van der Waals surface area contributed by atoms with Crippen molar-refractivity contribution in [1.82, 2.24) is 0 Å². The molecule has 0 amide bonds. The molecule has 1 saturated heterocycles. The number of nitrogens with two attached hydrogens (primary N) is 1. The predicted molar refractivity (Wildman–Crippen MR) is 76.5 cm³/mol. The second-order valence-electron chi connectivity index (χ2n) is 5.19. The van der Waals surface area contributed by atoms with Crippen molar-refractivity contribution in [2.24, 2.45) is 5.14 Å². The third-order valence-electron chi connectivity index (χ3n) is 3.59. The van der Waals surface area contributed by atoms with E-state index in [1.807, 2.05) is 0 Å². The number of esters is 1. The molecule has 0 bridgehead atoms. The molecule has 7 heteroatoms. The van der Waals surface area contributed by atoms with Gasteiger partial charge in [0.15, 0.2) is 0 Å². The molecule has 0 radical (unpaired) electrons. The molecule has 0 aliphatic carbocycles. The molecule has 0 aromatic heterocycles. The summed E-state index contributed by atoms with van der Waals surface area (Å²) in [7, 11) is -3.88. The molecule has 0 saturated carbocycles. The zero-order chi connectivity index (χ0) is 15.6. The Kier molecular flexibility index (Phi) is 4.65. The Bertz CT molecular complexity index is 648. The highest BCUT2D eigenvalue weighted by molar-refractivity contribution is 7.89. The molecule has 1 aromatic rings. The predicted octanol–water partition coefficient (Wildman–Crippen LogP) is 1.29. The second kappa shape index (κ2) is 6.13. The van der Waals surface area contributed by atoms with Crippen molar-refractivity contribution in [3.05, 3.63) is 28.8 Å². The average molecular weight is 313 g/mol. The Morgan fingerprint density at radius 1 is 1.43 bits per heavy atom. The van der Waals surface area contributed by atoms with Crippen molar-refractivity contribution < 1.29 is 22.7 Å². The van der Waals surface area contributed by atoms with Crippen LogP contribution in [0.5, 0.6) is 0 Å². The molecule has 1 aromatic carbocycles. The first-order valence-corrected chi connectivity index (χ1v) is 8.26. The van der Waals surface area contributed by atoms with Crippen LogP contribution in [-0.2, 0) is 19.5 Å². The highest BCUT2D eigenvalue weighted by Gasteiger charge is 2.21. The topological polar surface area (TPSA) is 95.7 Å². The quantitative estimate of drug-likeness (QED) is 0.845. The molecule has 116 valence electrons. The van der Waals surface area contributed by atoms with Crippen molar-refractivity contribution in [3.8, 4) is 0 Å². The van der Waals surface area contributed by atoms with Crippen molar-refractivity contribution in [1.29, 1.82) is 0 Å². The average Bonchev–Trinajstić information content (AvgIpc) is 2.90. The molecule has 1 fully saturated rings. The van der Waals surface area contributed by atoms with Crippen molar-refractivity contribution >= 4 is 16.0 Å². The standard InChI is InChI=1S/C14H19NO5S/c1-9-6-11(7-13(10(9)2)21(15,17)18)14(16)20-8-12-4-3-5-19-12/h6-7,12H,3-5,8H2,1-2H3,(H2,15,17,18). The number of hydrogen-bond acceptors (Lipinski definition) is 5. The Morgan fingerprint density at radius 2 is 2.14 bits per heavy atom. The first-order valence-electron chi connectivity index (χ1n) is 6.72. The normalized spacial score (nSPS) is 18.7. The van der Waals surface area contributed by atoms with E-state index < -0.39 is 16.0 Å². The van der Waals surface area contributed by atoms with Gasteiger partial charge in [0, 0.05) is 6.61 Å². The Morgan fingerprint density at radius 3 is 2.71 bits per heavy atom. The van der Waals surface area contributed by atoms with Gasteiger partial charge in [0.1, 0.15) is 6.61 Å². The zero-order valence-electron chi connectivity index (χ0n) is 12.1. The first-order chi connectivity index (χ1) is 9.79. The molecular weight excluding hydrogens is 294 g/mol. The fraction of sp³-hybridized carbons (Fsp3) is 0.500. The molecule has 1 aliphatic rings. The number of benzene rings is 1. The summed E-state index contributed by atoms with van der Waals surface area (Å²) in [6.07, 6.45) is 1.75. The van der Waals surface area contributed by atoms with Gasteiger partial charge in [-0.3, -0.25) is 0 Å². The maximum Gasteiger partial charge on any atom is 0.338 e. The number of aryl methyl sites for hydroxylation is 1. The van der Waals surface area contributed by atoms with Gasteiger partial charge in [0.2, 0.25) is 10.0 Å². The van der Waals surface area contributed by atoms with Crippen LogP contribution in [0.2, 0.25) is 0 Å². The second-order valence-corrected chi connectivity index (χ2v) is 6.72. The lowest BCUT2D eigenvalue weighted by Crippen LogP contribution is -2.19. The van der Waals surface area contributed by atoms with E-state index in [-0.39, 0.29) is 23.2 Å². The monoisotopic (exact) mass is 313 g/mol. The minimum absolute atomic E-state index is 0.0495. The minimum Gasteiger partial charge on any atom is -0.459 e. The van der Waals surface area contributed by atoms with Gasteiger partial charge in [0.25, 0.3) is 0 Å². The van der Waals surface area contributed by atoms with Gasteiger partial charge in [-0.2, -0.15) is 0 Å². The summed E-state index contributed by atoms with van der Waals surface area (Å²) >= 11 is 0. The summed E-state index contributed by atoms with van der Waals surface area (Å²) in [6.45, 7) is 4.23. The summed E-state index contributed by atoms with van der Waals surface area (Å²) in [5, 5.41) is 5.17. The van der Waals surface area contributed by atoms with E-state index in [1.54, 1.807) is 19.9 Å². The summed E-state index contributed by atoms with van der Waals surface area (Å²) in [5.41, 5.74) is 1.39. The number of sulfonamides is 1. The van der Waals surface area contributed by atoms with E-state index in [4.69, 9.17) is 14.6 Å². The van der Waals surface area contributed by atoms with E-state index in [9.17, 15) is 13.2 Å².